The molecule has 1 fully saturated rings. The molecular weight excluding hydrogens is 274 g/mol. The summed E-state index contributed by atoms with van der Waals surface area (Å²) >= 11 is 0. The Morgan fingerprint density at radius 2 is 2.05 bits per heavy atom. The smallest absolute Gasteiger partial charge is 0.303 e. The molecule has 1 N–H and O–H groups in total. The average molecular weight is 298 g/mol. The fourth-order valence-corrected chi connectivity index (χ4v) is 3.07. The molecule has 0 aliphatic carbocycles. The van der Waals surface area contributed by atoms with Crippen molar-refractivity contribution in [1.82, 2.24) is 4.90 Å². The average Bonchev–Trinajstić information content (AvgIpc) is 2.41. The van der Waals surface area contributed by atoms with Crippen LogP contribution in [0, 0.1) is 5.92 Å². The zero-order valence-electron chi connectivity index (χ0n) is 12.0. The highest BCUT2D eigenvalue weighted by molar-refractivity contribution is 5.85. The zero-order chi connectivity index (χ0) is 13.7. The Bertz CT molecular complexity index is 410. The van der Waals surface area contributed by atoms with Crippen LogP contribution in [-0.4, -0.2) is 28.6 Å². The van der Waals surface area contributed by atoms with Crippen LogP contribution in [0.15, 0.2) is 30.3 Å². The van der Waals surface area contributed by atoms with Gasteiger partial charge in [-0.15, -0.1) is 12.4 Å². The van der Waals surface area contributed by atoms with E-state index in [2.05, 4.69) is 36.1 Å². The highest BCUT2D eigenvalue weighted by atomic mass is 35.5. The molecule has 4 heteroatoms. The molecule has 0 saturated carbocycles. The maximum Gasteiger partial charge on any atom is 0.303 e. The van der Waals surface area contributed by atoms with Gasteiger partial charge in [-0.1, -0.05) is 37.3 Å². The van der Waals surface area contributed by atoms with E-state index >= 15 is 0 Å². The topological polar surface area (TPSA) is 40.5 Å². The molecule has 0 amide bonds. The van der Waals surface area contributed by atoms with Gasteiger partial charge in [0.1, 0.15) is 0 Å². The summed E-state index contributed by atoms with van der Waals surface area (Å²) in [4.78, 5) is 13.3. The number of hydrogen-bond acceptors (Lipinski definition) is 2. The molecule has 0 bridgehead atoms. The first kappa shape index (κ1) is 17.0. The van der Waals surface area contributed by atoms with E-state index in [1.807, 2.05) is 6.07 Å². The van der Waals surface area contributed by atoms with E-state index in [4.69, 9.17) is 5.11 Å². The summed E-state index contributed by atoms with van der Waals surface area (Å²) in [5.74, 6) is -0.300. The van der Waals surface area contributed by atoms with Crippen LogP contribution in [0.1, 0.15) is 38.2 Å². The number of carboxylic acid groups (broad SMARTS) is 1. The molecule has 0 radical (unpaired) electrons. The van der Waals surface area contributed by atoms with Gasteiger partial charge in [0.15, 0.2) is 0 Å². The number of carbonyl (C=O) groups is 1. The molecule has 1 aliphatic rings. The minimum absolute atomic E-state index is 0. The number of benzene rings is 1. The van der Waals surface area contributed by atoms with Crippen molar-refractivity contribution in [3.8, 4) is 0 Å². The van der Waals surface area contributed by atoms with Gasteiger partial charge in [-0.25, -0.2) is 0 Å². The normalized spacial score (nSPS) is 23.1. The first-order chi connectivity index (χ1) is 9.19. The van der Waals surface area contributed by atoms with Gasteiger partial charge in [-0.3, -0.25) is 9.69 Å². The Balaban J connectivity index is 0.00000200. The largest absolute Gasteiger partial charge is 0.481 e. The predicted octanol–water partition coefficient (Wildman–Crippen LogP) is 3.57. The van der Waals surface area contributed by atoms with E-state index in [0.29, 0.717) is 18.4 Å². The number of aliphatic carboxylic acids is 1. The van der Waals surface area contributed by atoms with Crippen LogP contribution in [-0.2, 0) is 11.3 Å². The van der Waals surface area contributed by atoms with Gasteiger partial charge in [0.25, 0.3) is 0 Å². The fourth-order valence-electron chi connectivity index (χ4n) is 3.07. The molecule has 1 saturated heterocycles. The minimum Gasteiger partial charge on any atom is -0.481 e. The van der Waals surface area contributed by atoms with Crippen molar-refractivity contribution in [3.05, 3.63) is 35.9 Å². The van der Waals surface area contributed by atoms with Crippen molar-refractivity contribution in [2.24, 2.45) is 5.92 Å². The molecule has 0 spiro atoms. The Hall–Kier alpha value is -1.06. The summed E-state index contributed by atoms with van der Waals surface area (Å²) < 4.78 is 0. The number of rotatable bonds is 5. The highest BCUT2D eigenvalue weighted by Gasteiger charge is 2.28. The molecule has 112 valence electrons. The third kappa shape index (κ3) is 4.80. The lowest BCUT2D eigenvalue weighted by molar-refractivity contribution is -0.138. The first-order valence-electron chi connectivity index (χ1n) is 7.18. The fraction of sp³-hybridized carbons (Fsp3) is 0.562. The lowest BCUT2D eigenvalue weighted by Crippen LogP contribution is -2.42. The van der Waals surface area contributed by atoms with Crippen molar-refractivity contribution in [2.75, 3.05) is 6.54 Å². The van der Waals surface area contributed by atoms with Crippen LogP contribution in [0.25, 0.3) is 0 Å². The first-order valence-corrected chi connectivity index (χ1v) is 7.18. The van der Waals surface area contributed by atoms with Crippen molar-refractivity contribution < 1.29 is 9.90 Å². The molecule has 2 atom stereocenters. The third-order valence-electron chi connectivity index (χ3n) is 4.11. The Morgan fingerprint density at radius 3 is 2.65 bits per heavy atom. The number of likely N-dealkylation sites (tertiary alicyclic amines) is 1. The SMILES string of the molecule is CCC1CC(CC(=O)O)CCN1Cc1ccccc1.Cl. The Morgan fingerprint density at radius 1 is 1.35 bits per heavy atom. The molecule has 1 aliphatic heterocycles. The van der Waals surface area contributed by atoms with E-state index in [-0.39, 0.29) is 12.4 Å². The van der Waals surface area contributed by atoms with Crippen molar-refractivity contribution in [2.45, 2.75) is 45.2 Å². The molecule has 1 aromatic rings. The van der Waals surface area contributed by atoms with Crippen LogP contribution in [0.3, 0.4) is 0 Å². The summed E-state index contributed by atoms with van der Waals surface area (Å²) in [6, 6.07) is 11.0. The van der Waals surface area contributed by atoms with Gasteiger partial charge in [-0.05, 0) is 37.3 Å². The van der Waals surface area contributed by atoms with Gasteiger partial charge in [0, 0.05) is 19.0 Å². The van der Waals surface area contributed by atoms with Crippen LogP contribution in [0.2, 0.25) is 0 Å². The quantitative estimate of drug-likeness (QED) is 0.903. The molecule has 1 heterocycles. The second-order valence-electron chi connectivity index (χ2n) is 5.51. The molecular formula is C16H24ClNO2. The van der Waals surface area contributed by atoms with E-state index in [1.165, 1.54) is 5.56 Å². The monoisotopic (exact) mass is 297 g/mol. The second kappa shape index (κ2) is 8.28. The summed E-state index contributed by atoms with van der Waals surface area (Å²) in [6.07, 6.45) is 3.46. The van der Waals surface area contributed by atoms with Crippen LogP contribution >= 0.6 is 12.4 Å². The molecule has 2 unspecified atom stereocenters. The van der Waals surface area contributed by atoms with E-state index in [0.717, 1.165) is 32.4 Å². The van der Waals surface area contributed by atoms with Gasteiger partial charge in [0.2, 0.25) is 0 Å². The molecule has 0 aromatic heterocycles. The van der Waals surface area contributed by atoms with Crippen molar-refractivity contribution in [1.29, 1.82) is 0 Å². The van der Waals surface area contributed by atoms with Crippen LogP contribution in [0.4, 0.5) is 0 Å². The second-order valence-corrected chi connectivity index (χ2v) is 5.51. The number of halogens is 1. The summed E-state index contributed by atoms with van der Waals surface area (Å²) in [5.41, 5.74) is 1.35. The van der Waals surface area contributed by atoms with Crippen molar-refractivity contribution in [3.63, 3.8) is 0 Å². The molecule has 1 aromatic carbocycles. The zero-order valence-corrected chi connectivity index (χ0v) is 12.8. The Labute approximate surface area is 127 Å². The Kier molecular flexibility index (Phi) is 7.03. The lowest BCUT2D eigenvalue weighted by Gasteiger charge is -2.39. The standard InChI is InChI=1S/C16H23NO2.ClH/c1-2-15-10-14(11-16(18)19)8-9-17(15)12-13-6-4-3-5-7-13;/h3-7,14-15H,2,8-12H2,1H3,(H,18,19);1H. The predicted molar refractivity (Wildman–Crippen MR) is 83.2 cm³/mol. The number of nitrogens with zero attached hydrogens (tertiary/aromatic N) is 1. The lowest BCUT2D eigenvalue weighted by atomic mass is 9.87. The maximum absolute atomic E-state index is 10.8. The molecule has 2 rings (SSSR count). The minimum atomic E-state index is -0.656. The number of hydrogen-bond donors (Lipinski definition) is 1. The van der Waals surface area contributed by atoms with Gasteiger partial charge in [-0.2, -0.15) is 0 Å². The van der Waals surface area contributed by atoms with Gasteiger partial charge in [0.05, 0.1) is 0 Å². The van der Waals surface area contributed by atoms with Gasteiger partial charge >= 0.3 is 5.97 Å². The van der Waals surface area contributed by atoms with Crippen LogP contribution < -0.4 is 0 Å². The number of carboxylic acids is 1. The summed E-state index contributed by atoms with van der Waals surface area (Å²) in [5, 5.41) is 8.91. The summed E-state index contributed by atoms with van der Waals surface area (Å²) in [7, 11) is 0. The molecule has 20 heavy (non-hydrogen) atoms. The number of piperidine rings is 1. The van der Waals surface area contributed by atoms with Crippen LogP contribution in [0.5, 0.6) is 0 Å². The highest BCUT2D eigenvalue weighted by Crippen LogP contribution is 2.28. The third-order valence-corrected chi connectivity index (χ3v) is 4.11. The summed E-state index contributed by atoms with van der Waals surface area (Å²) in [6.45, 7) is 4.20. The van der Waals surface area contributed by atoms with E-state index in [9.17, 15) is 4.79 Å². The van der Waals surface area contributed by atoms with Gasteiger partial charge < -0.3 is 5.11 Å². The van der Waals surface area contributed by atoms with E-state index < -0.39 is 5.97 Å². The van der Waals surface area contributed by atoms with Crippen molar-refractivity contribution >= 4 is 18.4 Å². The molecule has 3 nitrogen and oxygen atoms in total. The van der Waals surface area contributed by atoms with E-state index in [1.54, 1.807) is 0 Å². The maximum atomic E-state index is 10.8.